The molecule has 0 fully saturated rings. The zero-order valence-corrected chi connectivity index (χ0v) is 6.54. The lowest BCUT2D eigenvalue weighted by Crippen LogP contribution is -2.13. The van der Waals surface area contributed by atoms with Gasteiger partial charge in [-0.25, -0.2) is 4.98 Å². The van der Waals surface area contributed by atoms with Gasteiger partial charge in [-0.2, -0.15) is 0 Å². The SMILES string of the molecule is Cc1[nH]cnc1C(N)CCO. The number of aliphatic hydroxyl groups excluding tert-OH is 1. The van der Waals surface area contributed by atoms with E-state index >= 15 is 0 Å². The first kappa shape index (κ1) is 8.23. The van der Waals surface area contributed by atoms with E-state index in [2.05, 4.69) is 9.97 Å². The number of aliphatic hydroxyl groups is 1. The topological polar surface area (TPSA) is 74.9 Å². The van der Waals surface area contributed by atoms with Crippen molar-refractivity contribution in [3.05, 3.63) is 17.7 Å². The molecular weight excluding hydrogens is 142 g/mol. The molecule has 0 aromatic carbocycles. The second kappa shape index (κ2) is 3.50. The van der Waals surface area contributed by atoms with Crippen LogP contribution in [0.2, 0.25) is 0 Å². The van der Waals surface area contributed by atoms with Gasteiger partial charge < -0.3 is 15.8 Å². The summed E-state index contributed by atoms with van der Waals surface area (Å²) in [5, 5.41) is 8.61. The maximum atomic E-state index is 8.61. The van der Waals surface area contributed by atoms with Crippen molar-refractivity contribution in [2.75, 3.05) is 6.61 Å². The molecule has 0 aliphatic carbocycles. The third kappa shape index (κ3) is 1.78. The van der Waals surface area contributed by atoms with Crippen LogP contribution in [0.15, 0.2) is 6.33 Å². The number of H-pyrrole nitrogens is 1. The molecule has 1 aromatic rings. The minimum Gasteiger partial charge on any atom is -0.396 e. The molecule has 0 amide bonds. The van der Waals surface area contributed by atoms with Gasteiger partial charge in [-0.1, -0.05) is 0 Å². The molecule has 0 spiro atoms. The summed E-state index contributed by atoms with van der Waals surface area (Å²) in [6, 6.07) is -0.147. The largest absolute Gasteiger partial charge is 0.396 e. The highest BCUT2D eigenvalue weighted by atomic mass is 16.3. The van der Waals surface area contributed by atoms with E-state index in [0.717, 1.165) is 11.4 Å². The maximum absolute atomic E-state index is 8.61. The summed E-state index contributed by atoms with van der Waals surface area (Å²) < 4.78 is 0. The van der Waals surface area contributed by atoms with Crippen molar-refractivity contribution >= 4 is 0 Å². The third-order valence-corrected chi connectivity index (χ3v) is 1.66. The lowest BCUT2D eigenvalue weighted by molar-refractivity contribution is 0.275. The molecule has 0 radical (unpaired) electrons. The van der Waals surface area contributed by atoms with Crippen molar-refractivity contribution in [3.8, 4) is 0 Å². The number of hydrogen-bond donors (Lipinski definition) is 3. The number of rotatable bonds is 3. The maximum Gasteiger partial charge on any atom is 0.0925 e. The van der Waals surface area contributed by atoms with Crippen LogP contribution in [0.3, 0.4) is 0 Å². The van der Waals surface area contributed by atoms with E-state index in [9.17, 15) is 0 Å². The van der Waals surface area contributed by atoms with E-state index in [0.29, 0.717) is 6.42 Å². The van der Waals surface area contributed by atoms with Crippen molar-refractivity contribution in [1.82, 2.24) is 9.97 Å². The highest BCUT2D eigenvalue weighted by Gasteiger charge is 2.09. The summed E-state index contributed by atoms with van der Waals surface area (Å²) in [6.07, 6.45) is 2.17. The lowest BCUT2D eigenvalue weighted by Gasteiger charge is -2.06. The number of nitrogens with one attached hydrogen (secondary N) is 1. The summed E-state index contributed by atoms with van der Waals surface area (Å²) in [5.74, 6) is 0. The summed E-state index contributed by atoms with van der Waals surface area (Å²) >= 11 is 0. The summed E-state index contributed by atoms with van der Waals surface area (Å²) in [5.41, 5.74) is 7.53. The fourth-order valence-electron chi connectivity index (χ4n) is 1.02. The Labute approximate surface area is 65.5 Å². The molecule has 11 heavy (non-hydrogen) atoms. The highest BCUT2D eigenvalue weighted by Crippen LogP contribution is 2.12. The Kier molecular flexibility index (Phi) is 2.62. The van der Waals surface area contributed by atoms with Gasteiger partial charge in [0.1, 0.15) is 0 Å². The molecule has 4 nitrogen and oxygen atoms in total. The zero-order valence-electron chi connectivity index (χ0n) is 6.54. The Hall–Kier alpha value is -0.870. The van der Waals surface area contributed by atoms with E-state index in [1.165, 1.54) is 0 Å². The Morgan fingerprint density at radius 1 is 1.82 bits per heavy atom. The smallest absolute Gasteiger partial charge is 0.0925 e. The monoisotopic (exact) mass is 155 g/mol. The van der Waals surface area contributed by atoms with E-state index in [1.54, 1.807) is 6.33 Å². The molecule has 1 atom stereocenters. The van der Waals surface area contributed by atoms with E-state index in [4.69, 9.17) is 10.8 Å². The molecule has 0 saturated carbocycles. The van der Waals surface area contributed by atoms with Crippen LogP contribution < -0.4 is 5.73 Å². The van der Waals surface area contributed by atoms with E-state index in [1.807, 2.05) is 6.92 Å². The van der Waals surface area contributed by atoms with Gasteiger partial charge >= 0.3 is 0 Å². The van der Waals surface area contributed by atoms with E-state index in [-0.39, 0.29) is 12.6 Å². The van der Waals surface area contributed by atoms with Gasteiger partial charge in [-0.3, -0.25) is 0 Å². The third-order valence-electron chi connectivity index (χ3n) is 1.66. The minimum atomic E-state index is -0.147. The van der Waals surface area contributed by atoms with E-state index < -0.39 is 0 Å². The summed E-state index contributed by atoms with van der Waals surface area (Å²) in [4.78, 5) is 6.98. The predicted octanol–water partition coefficient (Wildman–Crippen LogP) is 0.100. The van der Waals surface area contributed by atoms with Crippen molar-refractivity contribution in [2.24, 2.45) is 5.73 Å². The molecule has 1 heterocycles. The van der Waals surface area contributed by atoms with Crippen LogP contribution in [-0.4, -0.2) is 21.7 Å². The minimum absolute atomic E-state index is 0.105. The number of nitrogens with two attached hydrogens (primary N) is 1. The number of aromatic nitrogens is 2. The molecule has 0 bridgehead atoms. The van der Waals surface area contributed by atoms with Crippen molar-refractivity contribution in [2.45, 2.75) is 19.4 Å². The second-order valence-electron chi connectivity index (χ2n) is 2.53. The fourth-order valence-corrected chi connectivity index (χ4v) is 1.02. The molecular formula is C7H13N3O. The normalized spacial score (nSPS) is 13.4. The van der Waals surface area contributed by atoms with Crippen molar-refractivity contribution < 1.29 is 5.11 Å². The number of aryl methyl sites for hydroxylation is 1. The number of nitrogens with zero attached hydrogens (tertiary/aromatic N) is 1. The molecule has 0 aliphatic rings. The van der Waals surface area contributed by atoms with Gasteiger partial charge in [0.2, 0.25) is 0 Å². The van der Waals surface area contributed by atoms with Crippen LogP contribution >= 0.6 is 0 Å². The lowest BCUT2D eigenvalue weighted by atomic mass is 10.1. The molecule has 1 rings (SSSR count). The fraction of sp³-hybridized carbons (Fsp3) is 0.571. The first-order chi connectivity index (χ1) is 5.25. The zero-order chi connectivity index (χ0) is 8.27. The molecule has 0 aliphatic heterocycles. The van der Waals surface area contributed by atoms with Gasteiger partial charge in [0.15, 0.2) is 0 Å². The van der Waals surface area contributed by atoms with Gasteiger partial charge in [0.25, 0.3) is 0 Å². The van der Waals surface area contributed by atoms with Gasteiger partial charge in [-0.15, -0.1) is 0 Å². The second-order valence-corrected chi connectivity index (χ2v) is 2.53. The van der Waals surface area contributed by atoms with Gasteiger partial charge in [-0.05, 0) is 13.3 Å². The Balaban J connectivity index is 2.67. The quantitative estimate of drug-likeness (QED) is 0.579. The van der Waals surface area contributed by atoms with Crippen LogP contribution in [0.4, 0.5) is 0 Å². The number of aromatic amines is 1. The van der Waals surface area contributed by atoms with Crippen LogP contribution in [0.1, 0.15) is 23.9 Å². The molecule has 1 unspecified atom stereocenters. The standard InChI is InChI=1S/C7H13N3O/c1-5-7(10-4-9-5)6(8)2-3-11/h4,6,11H,2-3,8H2,1H3,(H,9,10). The van der Waals surface area contributed by atoms with Crippen LogP contribution in [-0.2, 0) is 0 Å². The first-order valence-corrected chi connectivity index (χ1v) is 3.62. The van der Waals surface area contributed by atoms with Crippen LogP contribution in [0, 0.1) is 6.92 Å². The molecule has 4 N–H and O–H groups in total. The average Bonchev–Trinajstić information content (AvgIpc) is 2.36. The first-order valence-electron chi connectivity index (χ1n) is 3.62. The summed E-state index contributed by atoms with van der Waals surface area (Å²) in [7, 11) is 0. The van der Waals surface area contributed by atoms with Crippen LogP contribution in [0.5, 0.6) is 0 Å². The van der Waals surface area contributed by atoms with Gasteiger partial charge in [0, 0.05) is 12.3 Å². The Morgan fingerprint density at radius 2 is 2.55 bits per heavy atom. The Bertz CT molecular complexity index is 221. The average molecular weight is 155 g/mol. The molecule has 62 valence electrons. The van der Waals surface area contributed by atoms with Crippen molar-refractivity contribution in [1.29, 1.82) is 0 Å². The molecule has 4 heteroatoms. The van der Waals surface area contributed by atoms with Crippen molar-refractivity contribution in [3.63, 3.8) is 0 Å². The highest BCUT2D eigenvalue weighted by molar-refractivity contribution is 5.12. The number of hydrogen-bond acceptors (Lipinski definition) is 3. The van der Waals surface area contributed by atoms with Crippen LogP contribution in [0.25, 0.3) is 0 Å². The Morgan fingerprint density at radius 3 is 3.00 bits per heavy atom. The molecule has 1 aromatic heterocycles. The van der Waals surface area contributed by atoms with Gasteiger partial charge in [0.05, 0.1) is 18.1 Å². The number of imidazole rings is 1. The summed E-state index contributed by atoms with van der Waals surface area (Å²) in [6.45, 7) is 2.02. The predicted molar refractivity (Wildman–Crippen MR) is 42.0 cm³/mol. The molecule has 0 saturated heterocycles.